The molecule has 92 valence electrons. The van der Waals surface area contributed by atoms with Crippen LogP contribution in [0.4, 0.5) is 0 Å². The minimum absolute atomic E-state index is 0.704. The molecule has 0 bridgehead atoms. The number of furan rings is 1. The van der Waals surface area contributed by atoms with E-state index in [0.29, 0.717) is 5.92 Å². The van der Waals surface area contributed by atoms with Crippen molar-refractivity contribution in [1.82, 2.24) is 5.32 Å². The van der Waals surface area contributed by atoms with Crippen molar-refractivity contribution in [2.75, 3.05) is 13.1 Å². The van der Waals surface area contributed by atoms with E-state index in [-0.39, 0.29) is 0 Å². The van der Waals surface area contributed by atoms with Crippen molar-refractivity contribution < 1.29 is 4.42 Å². The topological polar surface area (TPSA) is 25.2 Å². The Balaban J connectivity index is 2.29. The first-order valence-corrected chi connectivity index (χ1v) is 6.45. The molecule has 1 rings (SSSR count). The number of nitrogens with one attached hydrogen (secondary N) is 1. The Morgan fingerprint density at radius 1 is 1.31 bits per heavy atom. The highest BCUT2D eigenvalue weighted by Gasteiger charge is 2.10. The summed E-state index contributed by atoms with van der Waals surface area (Å²) in [6, 6.07) is 4.05. The van der Waals surface area contributed by atoms with Gasteiger partial charge in [0.05, 0.1) is 6.26 Å². The van der Waals surface area contributed by atoms with E-state index in [9.17, 15) is 0 Å². The fourth-order valence-electron chi connectivity index (χ4n) is 1.97. The van der Waals surface area contributed by atoms with Gasteiger partial charge in [-0.2, -0.15) is 0 Å². The lowest BCUT2D eigenvalue weighted by molar-refractivity contribution is 0.386. The Morgan fingerprint density at radius 3 is 2.69 bits per heavy atom. The van der Waals surface area contributed by atoms with Gasteiger partial charge in [-0.15, -0.1) is 0 Å². The van der Waals surface area contributed by atoms with Crippen LogP contribution in [0.2, 0.25) is 0 Å². The van der Waals surface area contributed by atoms with Crippen molar-refractivity contribution in [1.29, 1.82) is 0 Å². The van der Waals surface area contributed by atoms with Gasteiger partial charge in [-0.3, -0.25) is 0 Å². The molecule has 0 aromatic carbocycles. The fourth-order valence-corrected chi connectivity index (χ4v) is 1.97. The third-order valence-corrected chi connectivity index (χ3v) is 2.75. The highest BCUT2D eigenvalue weighted by atomic mass is 16.3. The van der Waals surface area contributed by atoms with Gasteiger partial charge in [-0.05, 0) is 43.5 Å². The Kier molecular flexibility index (Phi) is 6.24. The van der Waals surface area contributed by atoms with Crippen molar-refractivity contribution in [2.24, 2.45) is 11.8 Å². The van der Waals surface area contributed by atoms with Gasteiger partial charge in [-0.1, -0.05) is 27.2 Å². The summed E-state index contributed by atoms with van der Waals surface area (Å²) >= 11 is 0. The van der Waals surface area contributed by atoms with Crippen molar-refractivity contribution in [3.05, 3.63) is 24.2 Å². The summed E-state index contributed by atoms with van der Waals surface area (Å²) in [6.45, 7) is 8.95. The second-order valence-electron chi connectivity index (χ2n) is 4.99. The molecule has 0 amide bonds. The quantitative estimate of drug-likeness (QED) is 0.730. The maximum absolute atomic E-state index is 5.41. The zero-order valence-electron chi connectivity index (χ0n) is 10.8. The third kappa shape index (κ3) is 5.36. The maximum Gasteiger partial charge on any atom is 0.104 e. The molecular formula is C14H25NO. The molecule has 0 radical (unpaired) electrons. The monoisotopic (exact) mass is 223 g/mol. The molecule has 0 spiro atoms. The van der Waals surface area contributed by atoms with E-state index in [2.05, 4.69) is 32.2 Å². The Morgan fingerprint density at radius 2 is 2.12 bits per heavy atom. The third-order valence-electron chi connectivity index (χ3n) is 2.75. The van der Waals surface area contributed by atoms with Crippen LogP contribution in [-0.4, -0.2) is 13.1 Å². The van der Waals surface area contributed by atoms with Crippen LogP contribution in [0.1, 0.15) is 39.4 Å². The molecule has 0 fully saturated rings. The first-order valence-electron chi connectivity index (χ1n) is 6.45. The van der Waals surface area contributed by atoms with Gasteiger partial charge in [0, 0.05) is 6.42 Å². The van der Waals surface area contributed by atoms with Gasteiger partial charge < -0.3 is 9.73 Å². The molecule has 1 N–H and O–H groups in total. The lowest BCUT2D eigenvalue weighted by atomic mass is 9.98. The predicted molar refractivity (Wildman–Crippen MR) is 68.5 cm³/mol. The number of hydrogen-bond acceptors (Lipinski definition) is 2. The molecule has 1 atom stereocenters. The second kappa shape index (κ2) is 7.50. The number of rotatable bonds is 8. The van der Waals surface area contributed by atoms with E-state index in [1.807, 2.05) is 6.07 Å². The Bertz CT molecular complexity index is 254. The fraction of sp³-hybridized carbons (Fsp3) is 0.714. The maximum atomic E-state index is 5.41. The van der Waals surface area contributed by atoms with Crippen LogP contribution < -0.4 is 5.32 Å². The van der Waals surface area contributed by atoms with E-state index >= 15 is 0 Å². The molecule has 1 heterocycles. The molecule has 0 aliphatic heterocycles. The lowest BCUT2D eigenvalue weighted by Gasteiger charge is -2.16. The van der Waals surface area contributed by atoms with E-state index in [1.165, 1.54) is 12.8 Å². The van der Waals surface area contributed by atoms with Gasteiger partial charge in [0.15, 0.2) is 0 Å². The zero-order chi connectivity index (χ0) is 11.8. The average molecular weight is 223 g/mol. The predicted octanol–water partition coefficient (Wildman–Crippen LogP) is 3.48. The largest absolute Gasteiger partial charge is 0.469 e. The molecule has 0 aliphatic carbocycles. The molecule has 0 saturated carbocycles. The van der Waals surface area contributed by atoms with Crippen LogP contribution >= 0.6 is 0 Å². The van der Waals surface area contributed by atoms with Crippen LogP contribution in [0.25, 0.3) is 0 Å². The standard InChI is InChI=1S/C14H25NO/c1-4-6-13(11-15-10-12(2)3)9-14-7-5-8-16-14/h5,7-8,12-13,15H,4,6,9-11H2,1-3H3. The first kappa shape index (κ1) is 13.3. The molecule has 0 saturated heterocycles. The summed E-state index contributed by atoms with van der Waals surface area (Å²) in [6.07, 6.45) is 5.34. The summed E-state index contributed by atoms with van der Waals surface area (Å²) in [5.74, 6) is 2.55. The minimum Gasteiger partial charge on any atom is -0.469 e. The van der Waals surface area contributed by atoms with Gasteiger partial charge in [0.25, 0.3) is 0 Å². The Labute approximate surface area is 99.4 Å². The highest BCUT2D eigenvalue weighted by molar-refractivity contribution is 4.99. The van der Waals surface area contributed by atoms with Crippen LogP contribution in [0.5, 0.6) is 0 Å². The molecule has 2 nitrogen and oxygen atoms in total. The first-order chi connectivity index (χ1) is 7.72. The average Bonchev–Trinajstić information content (AvgIpc) is 2.70. The summed E-state index contributed by atoms with van der Waals surface area (Å²) in [5.41, 5.74) is 0. The highest BCUT2D eigenvalue weighted by Crippen LogP contribution is 2.14. The molecule has 16 heavy (non-hydrogen) atoms. The summed E-state index contributed by atoms with van der Waals surface area (Å²) in [4.78, 5) is 0. The van der Waals surface area contributed by atoms with Gasteiger partial charge >= 0.3 is 0 Å². The van der Waals surface area contributed by atoms with E-state index in [4.69, 9.17) is 4.42 Å². The molecular weight excluding hydrogens is 198 g/mol. The van der Waals surface area contributed by atoms with Crippen LogP contribution in [0.3, 0.4) is 0 Å². The smallest absolute Gasteiger partial charge is 0.104 e. The van der Waals surface area contributed by atoms with E-state index in [1.54, 1.807) is 6.26 Å². The van der Waals surface area contributed by atoms with Gasteiger partial charge in [-0.25, -0.2) is 0 Å². The zero-order valence-corrected chi connectivity index (χ0v) is 10.8. The second-order valence-corrected chi connectivity index (χ2v) is 4.99. The summed E-state index contributed by atoms with van der Waals surface area (Å²) < 4.78 is 5.41. The van der Waals surface area contributed by atoms with Crippen molar-refractivity contribution >= 4 is 0 Å². The van der Waals surface area contributed by atoms with E-state index < -0.39 is 0 Å². The molecule has 1 aromatic heterocycles. The molecule has 1 unspecified atom stereocenters. The lowest BCUT2D eigenvalue weighted by Crippen LogP contribution is -2.27. The van der Waals surface area contributed by atoms with Crippen molar-refractivity contribution in [3.8, 4) is 0 Å². The SMILES string of the molecule is CCCC(CNCC(C)C)Cc1ccco1. The van der Waals surface area contributed by atoms with Crippen LogP contribution in [0.15, 0.2) is 22.8 Å². The normalized spacial score (nSPS) is 13.2. The van der Waals surface area contributed by atoms with E-state index in [0.717, 1.165) is 31.2 Å². The Hall–Kier alpha value is -0.760. The van der Waals surface area contributed by atoms with Crippen molar-refractivity contribution in [3.63, 3.8) is 0 Å². The molecule has 2 heteroatoms. The number of hydrogen-bond donors (Lipinski definition) is 1. The van der Waals surface area contributed by atoms with Crippen molar-refractivity contribution in [2.45, 2.75) is 40.0 Å². The molecule has 0 aliphatic rings. The van der Waals surface area contributed by atoms with Crippen LogP contribution in [-0.2, 0) is 6.42 Å². The minimum atomic E-state index is 0.704. The summed E-state index contributed by atoms with van der Waals surface area (Å²) in [7, 11) is 0. The van der Waals surface area contributed by atoms with Gasteiger partial charge in [0.1, 0.15) is 5.76 Å². The van der Waals surface area contributed by atoms with Gasteiger partial charge in [0.2, 0.25) is 0 Å². The molecule has 1 aromatic rings. The summed E-state index contributed by atoms with van der Waals surface area (Å²) in [5, 5.41) is 3.54. The van der Waals surface area contributed by atoms with Crippen LogP contribution in [0, 0.1) is 11.8 Å².